The van der Waals surface area contributed by atoms with Gasteiger partial charge in [0.15, 0.2) is 0 Å². The molecule has 0 aliphatic heterocycles. The van der Waals surface area contributed by atoms with Crippen molar-refractivity contribution in [3.63, 3.8) is 0 Å². The fraction of sp³-hybridized carbons (Fsp3) is 0.333. The Labute approximate surface area is 154 Å². The van der Waals surface area contributed by atoms with Crippen molar-refractivity contribution in [2.45, 2.75) is 24.8 Å². The lowest BCUT2D eigenvalue weighted by Crippen LogP contribution is -2.30. The van der Waals surface area contributed by atoms with Crippen LogP contribution in [0.1, 0.15) is 13.8 Å². The number of nitrogens with one attached hydrogen (secondary N) is 2. The predicted octanol–water partition coefficient (Wildman–Crippen LogP) is 2.66. The van der Waals surface area contributed by atoms with Gasteiger partial charge in [0.1, 0.15) is 5.82 Å². The number of rotatable bonds is 7. The van der Waals surface area contributed by atoms with E-state index in [0.717, 1.165) is 0 Å². The van der Waals surface area contributed by atoms with Gasteiger partial charge in [-0.25, -0.2) is 4.98 Å². The van der Waals surface area contributed by atoms with E-state index in [-0.39, 0.29) is 23.5 Å². The second-order valence-electron chi connectivity index (χ2n) is 5.69. The molecular weight excluding hydrogens is 412 g/mol. The zero-order chi connectivity index (χ0) is 18.6. The monoisotopic (exact) mass is 430 g/mol. The van der Waals surface area contributed by atoms with E-state index < -0.39 is 10.1 Å². The van der Waals surface area contributed by atoms with Crippen molar-refractivity contribution < 1.29 is 18.1 Å². The number of anilines is 3. The minimum Gasteiger partial charge on any atom is -0.394 e. The van der Waals surface area contributed by atoms with Crippen LogP contribution in [0.4, 0.5) is 17.5 Å². The van der Waals surface area contributed by atoms with Crippen molar-refractivity contribution in [2.24, 2.45) is 5.92 Å². The van der Waals surface area contributed by atoms with Crippen LogP contribution in [0.5, 0.6) is 0 Å². The smallest absolute Gasteiger partial charge is 0.294 e. The molecule has 1 heterocycles. The molecule has 0 saturated heterocycles. The minimum absolute atomic E-state index is 0.0338. The summed E-state index contributed by atoms with van der Waals surface area (Å²) < 4.78 is 31.7. The fourth-order valence-corrected chi connectivity index (χ4v) is 2.75. The molecule has 0 aliphatic rings. The van der Waals surface area contributed by atoms with Crippen LogP contribution in [-0.4, -0.2) is 40.7 Å². The van der Waals surface area contributed by atoms with Crippen molar-refractivity contribution in [3.8, 4) is 0 Å². The molecule has 0 radical (unpaired) electrons. The number of hydrogen-bond acceptors (Lipinski definition) is 7. The topological polar surface area (TPSA) is 124 Å². The molecule has 0 fully saturated rings. The molecule has 0 aliphatic carbocycles. The molecular formula is C15H19BrN4O4S. The zero-order valence-electron chi connectivity index (χ0n) is 13.6. The number of nitrogens with zero attached hydrogens (tertiary/aromatic N) is 2. The van der Waals surface area contributed by atoms with E-state index in [1.165, 1.54) is 24.3 Å². The SMILES string of the molecule is CC(C)[C@@H](CO)Nc1nc(Nc2ccc(S(=O)(=O)O)cc2)ncc1Br. The average Bonchev–Trinajstić information content (AvgIpc) is 2.54. The summed E-state index contributed by atoms with van der Waals surface area (Å²) in [7, 11) is -4.23. The Morgan fingerprint density at radius 3 is 2.40 bits per heavy atom. The second-order valence-corrected chi connectivity index (χ2v) is 7.97. The predicted molar refractivity (Wildman–Crippen MR) is 98.6 cm³/mol. The third kappa shape index (κ3) is 5.36. The molecule has 0 bridgehead atoms. The fourth-order valence-electron chi connectivity index (χ4n) is 1.97. The molecule has 1 aromatic carbocycles. The first kappa shape index (κ1) is 19.6. The van der Waals surface area contributed by atoms with Crippen molar-refractivity contribution in [1.82, 2.24) is 9.97 Å². The minimum atomic E-state index is -4.23. The van der Waals surface area contributed by atoms with Gasteiger partial charge in [-0.3, -0.25) is 4.55 Å². The number of benzene rings is 1. The highest BCUT2D eigenvalue weighted by molar-refractivity contribution is 9.10. The van der Waals surface area contributed by atoms with Crippen LogP contribution in [-0.2, 0) is 10.1 Å². The van der Waals surface area contributed by atoms with Crippen molar-refractivity contribution in [1.29, 1.82) is 0 Å². The molecule has 10 heteroatoms. The first-order valence-electron chi connectivity index (χ1n) is 7.45. The zero-order valence-corrected chi connectivity index (χ0v) is 16.0. The summed E-state index contributed by atoms with van der Waals surface area (Å²) in [4.78, 5) is 8.30. The maximum atomic E-state index is 11.0. The van der Waals surface area contributed by atoms with E-state index >= 15 is 0 Å². The van der Waals surface area contributed by atoms with Crippen molar-refractivity contribution in [3.05, 3.63) is 34.9 Å². The third-order valence-electron chi connectivity index (χ3n) is 3.48. The van der Waals surface area contributed by atoms with Gasteiger partial charge in [0.25, 0.3) is 10.1 Å². The molecule has 4 N–H and O–H groups in total. The van der Waals surface area contributed by atoms with Gasteiger partial charge in [0.05, 0.1) is 22.0 Å². The first-order valence-corrected chi connectivity index (χ1v) is 9.68. The highest BCUT2D eigenvalue weighted by Gasteiger charge is 2.15. The Kier molecular flexibility index (Phi) is 6.33. The van der Waals surface area contributed by atoms with Crippen LogP contribution in [0, 0.1) is 5.92 Å². The summed E-state index contributed by atoms with van der Waals surface area (Å²) in [5, 5.41) is 15.5. The highest BCUT2D eigenvalue weighted by Crippen LogP contribution is 2.24. The molecule has 25 heavy (non-hydrogen) atoms. The van der Waals surface area contributed by atoms with Gasteiger partial charge in [0, 0.05) is 11.9 Å². The van der Waals surface area contributed by atoms with Gasteiger partial charge >= 0.3 is 0 Å². The summed E-state index contributed by atoms with van der Waals surface area (Å²) >= 11 is 3.36. The largest absolute Gasteiger partial charge is 0.394 e. The highest BCUT2D eigenvalue weighted by atomic mass is 79.9. The average molecular weight is 431 g/mol. The van der Waals surface area contributed by atoms with E-state index in [1.54, 1.807) is 6.20 Å². The first-order chi connectivity index (χ1) is 11.7. The van der Waals surface area contributed by atoms with Gasteiger partial charge in [-0.1, -0.05) is 13.8 Å². The lowest BCUT2D eigenvalue weighted by atomic mass is 10.1. The molecule has 136 valence electrons. The van der Waals surface area contributed by atoms with Gasteiger partial charge in [0.2, 0.25) is 5.95 Å². The molecule has 8 nitrogen and oxygen atoms in total. The summed E-state index contributed by atoms with van der Waals surface area (Å²) in [6, 6.07) is 5.37. The number of aromatic nitrogens is 2. The third-order valence-corrected chi connectivity index (χ3v) is 4.92. The lowest BCUT2D eigenvalue weighted by molar-refractivity contribution is 0.249. The Morgan fingerprint density at radius 1 is 1.24 bits per heavy atom. The molecule has 0 saturated carbocycles. The van der Waals surface area contributed by atoms with Crippen molar-refractivity contribution >= 4 is 43.5 Å². The Bertz CT molecular complexity index is 828. The number of aliphatic hydroxyl groups is 1. The van der Waals surface area contributed by atoms with Crippen LogP contribution < -0.4 is 10.6 Å². The number of halogens is 1. The normalized spacial score (nSPS) is 12.9. The Balaban J connectivity index is 2.19. The maximum Gasteiger partial charge on any atom is 0.294 e. The lowest BCUT2D eigenvalue weighted by Gasteiger charge is -2.21. The summed E-state index contributed by atoms with van der Waals surface area (Å²) in [6.07, 6.45) is 1.57. The van der Waals surface area contributed by atoms with Crippen molar-refractivity contribution in [2.75, 3.05) is 17.2 Å². The van der Waals surface area contributed by atoms with Crippen LogP contribution in [0.3, 0.4) is 0 Å². The molecule has 0 amide bonds. The Hall–Kier alpha value is -1.75. The molecule has 1 atom stereocenters. The van der Waals surface area contributed by atoms with Gasteiger partial charge in [-0.15, -0.1) is 0 Å². The summed E-state index contributed by atoms with van der Waals surface area (Å²) in [5.74, 6) is 1.03. The second kappa shape index (κ2) is 8.09. The molecule has 0 unspecified atom stereocenters. The Morgan fingerprint density at radius 2 is 1.88 bits per heavy atom. The quantitative estimate of drug-likeness (QED) is 0.494. The van der Waals surface area contributed by atoms with Crippen LogP contribution in [0.2, 0.25) is 0 Å². The van der Waals surface area contributed by atoms with Crippen LogP contribution >= 0.6 is 15.9 Å². The summed E-state index contributed by atoms with van der Waals surface area (Å²) in [5.41, 5.74) is 0.559. The standard InChI is InChI=1S/C15H19BrN4O4S/c1-9(2)13(8-21)19-14-12(16)7-17-15(20-14)18-10-3-5-11(6-4-10)25(22,23)24/h3-7,9,13,21H,8H2,1-2H3,(H,22,23,24)(H2,17,18,19,20)/t13-/m1/s1. The summed E-state index contributed by atoms with van der Waals surface area (Å²) in [6.45, 7) is 3.94. The molecule has 2 rings (SSSR count). The van der Waals surface area contributed by atoms with Crippen LogP contribution in [0.25, 0.3) is 0 Å². The van der Waals surface area contributed by atoms with E-state index in [2.05, 4.69) is 36.5 Å². The maximum absolute atomic E-state index is 11.0. The number of hydrogen-bond donors (Lipinski definition) is 4. The van der Waals surface area contributed by atoms with Gasteiger partial charge < -0.3 is 15.7 Å². The van der Waals surface area contributed by atoms with Gasteiger partial charge in [-0.2, -0.15) is 13.4 Å². The van der Waals surface area contributed by atoms with E-state index in [0.29, 0.717) is 21.9 Å². The van der Waals surface area contributed by atoms with E-state index in [1.807, 2.05) is 13.8 Å². The number of aliphatic hydroxyl groups excluding tert-OH is 1. The van der Waals surface area contributed by atoms with Gasteiger partial charge in [-0.05, 0) is 46.1 Å². The van der Waals surface area contributed by atoms with E-state index in [9.17, 15) is 13.5 Å². The molecule has 2 aromatic rings. The van der Waals surface area contributed by atoms with E-state index in [4.69, 9.17) is 4.55 Å². The molecule has 1 aromatic heterocycles. The van der Waals surface area contributed by atoms with Crippen LogP contribution in [0.15, 0.2) is 39.8 Å². The molecule has 0 spiro atoms.